The second-order valence-electron chi connectivity index (χ2n) is 8.48. The minimum Gasteiger partial charge on any atom is -0.480 e. The van der Waals surface area contributed by atoms with Crippen molar-refractivity contribution in [2.45, 2.75) is 129 Å². The largest absolute Gasteiger partial charge is 0.480 e. The lowest BCUT2D eigenvalue weighted by Gasteiger charge is -2.07. The smallest absolute Gasteiger partial charge is 0.320 e. The predicted octanol–water partition coefficient (Wildman–Crippen LogP) is 6.11. The van der Waals surface area contributed by atoms with Gasteiger partial charge in [-0.2, -0.15) is 0 Å². The van der Waals surface area contributed by atoms with Crippen molar-refractivity contribution in [3.05, 3.63) is 12.2 Å². The fraction of sp³-hybridized carbons (Fsp3) is 0.840. The van der Waals surface area contributed by atoms with Crippen LogP contribution in [-0.2, 0) is 9.59 Å². The van der Waals surface area contributed by atoms with Crippen LogP contribution in [0, 0.1) is 0 Å². The van der Waals surface area contributed by atoms with E-state index in [4.69, 9.17) is 10.8 Å². The molecule has 0 radical (unpaired) electrons. The van der Waals surface area contributed by atoms with E-state index >= 15 is 0 Å². The number of unbranched alkanes of at least 4 members (excludes halogenated alkanes) is 13. The molecule has 0 rings (SSSR count). The van der Waals surface area contributed by atoms with Crippen molar-refractivity contribution < 1.29 is 14.7 Å². The van der Waals surface area contributed by atoms with Crippen LogP contribution < -0.4 is 11.1 Å². The summed E-state index contributed by atoms with van der Waals surface area (Å²) in [6.07, 6.45) is 25.1. The number of amides is 1. The molecule has 0 saturated heterocycles. The van der Waals surface area contributed by atoms with Crippen LogP contribution in [0.3, 0.4) is 0 Å². The van der Waals surface area contributed by atoms with Crippen LogP contribution in [0.15, 0.2) is 12.2 Å². The molecule has 0 aliphatic heterocycles. The number of carboxylic acids is 1. The van der Waals surface area contributed by atoms with Crippen molar-refractivity contribution in [2.24, 2.45) is 5.73 Å². The molecule has 0 spiro atoms. The van der Waals surface area contributed by atoms with Crippen LogP contribution in [0.2, 0.25) is 0 Å². The Bertz CT molecular complexity index is 438. The Morgan fingerprint density at radius 2 is 1.33 bits per heavy atom. The first-order valence-corrected chi connectivity index (χ1v) is 12.5. The third kappa shape index (κ3) is 21.4. The quantitative estimate of drug-likeness (QED) is 0.144. The van der Waals surface area contributed by atoms with E-state index in [0.29, 0.717) is 19.4 Å². The number of nitrogens with one attached hydrogen (secondary N) is 1. The maximum absolute atomic E-state index is 11.8. The third-order valence-electron chi connectivity index (χ3n) is 5.48. The van der Waals surface area contributed by atoms with Gasteiger partial charge >= 0.3 is 5.97 Å². The van der Waals surface area contributed by atoms with Gasteiger partial charge in [0, 0.05) is 13.0 Å². The lowest BCUT2D eigenvalue weighted by molar-refractivity contribution is -0.138. The monoisotopic (exact) mass is 424 g/mol. The summed E-state index contributed by atoms with van der Waals surface area (Å²) < 4.78 is 0. The van der Waals surface area contributed by atoms with Crippen molar-refractivity contribution >= 4 is 11.9 Å². The van der Waals surface area contributed by atoms with Gasteiger partial charge in [-0.05, 0) is 44.9 Å². The third-order valence-corrected chi connectivity index (χ3v) is 5.48. The highest BCUT2D eigenvalue weighted by Crippen LogP contribution is 2.12. The van der Waals surface area contributed by atoms with E-state index in [2.05, 4.69) is 24.4 Å². The highest BCUT2D eigenvalue weighted by atomic mass is 16.4. The summed E-state index contributed by atoms with van der Waals surface area (Å²) in [5, 5.41) is 11.6. The maximum atomic E-state index is 11.8. The topological polar surface area (TPSA) is 92.4 Å². The van der Waals surface area contributed by atoms with Crippen molar-refractivity contribution in [3.63, 3.8) is 0 Å². The molecule has 0 aromatic carbocycles. The minimum absolute atomic E-state index is 0.110. The van der Waals surface area contributed by atoms with Crippen molar-refractivity contribution in [3.8, 4) is 0 Å². The molecule has 1 amide bonds. The number of carbonyl (C=O) groups excluding carboxylic acids is 1. The zero-order valence-electron chi connectivity index (χ0n) is 19.5. The van der Waals surface area contributed by atoms with Crippen LogP contribution >= 0.6 is 0 Å². The van der Waals surface area contributed by atoms with Gasteiger partial charge in [-0.3, -0.25) is 9.59 Å². The number of carboxylic acid groups (broad SMARTS) is 1. The van der Waals surface area contributed by atoms with E-state index in [9.17, 15) is 9.59 Å². The summed E-state index contributed by atoms with van der Waals surface area (Å²) >= 11 is 0. The summed E-state index contributed by atoms with van der Waals surface area (Å²) in [6.45, 7) is 2.83. The molecule has 0 aromatic heterocycles. The molecule has 176 valence electrons. The Kier molecular flexibility index (Phi) is 21.3. The minimum atomic E-state index is -0.958. The van der Waals surface area contributed by atoms with Crippen LogP contribution in [0.1, 0.15) is 122 Å². The molecule has 0 fully saturated rings. The van der Waals surface area contributed by atoms with Gasteiger partial charge in [0.15, 0.2) is 0 Å². The number of aliphatic carboxylic acids is 1. The molecule has 0 unspecified atom stereocenters. The Hall–Kier alpha value is -1.36. The first kappa shape index (κ1) is 28.6. The first-order valence-electron chi connectivity index (χ1n) is 12.5. The van der Waals surface area contributed by atoms with Crippen molar-refractivity contribution in [1.82, 2.24) is 5.32 Å². The van der Waals surface area contributed by atoms with E-state index in [-0.39, 0.29) is 5.91 Å². The number of hydrogen-bond acceptors (Lipinski definition) is 3. The molecule has 0 bridgehead atoms. The molecular formula is C25H48N2O3. The summed E-state index contributed by atoms with van der Waals surface area (Å²) in [7, 11) is 0. The van der Waals surface area contributed by atoms with E-state index in [1.54, 1.807) is 0 Å². The van der Waals surface area contributed by atoms with Gasteiger partial charge in [-0.15, -0.1) is 0 Å². The molecule has 0 aliphatic carbocycles. The zero-order chi connectivity index (χ0) is 22.3. The van der Waals surface area contributed by atoms with Gasteiger partial charge in [0.2, 0.25) is 5.91 Å². The van der Waals surface area contributed by atoms with E-state index in [0.717, 1.165) is 25.7 Å². The highest BCUT2D eigenvalue weighted by molar-refractivity contribution is 5.75. The summed E-state index contributed by atoms with van der Waals surface area (Å²) in [4.78, 5) is 22.4. The standard InChI is InChI=1S/C25H48N2O3/c1-2-3-4-5-6-7-8-9-10-11-12-13-14-15-16-17-21-24(28)27-22-19-18-20-23(26)25(29)30/h4-5,23H,2-3,6-22,26H2,1H3,(H,27,28)(H,29,30)/b5-4+/t23-/m0/s1. The zero-order valence-corrected chi connectivity index (χ0v) is 19.5. The summed E-state index contributed by atoms with van der Waals surface area (Å²) in [5.74, 6) is -0.848. The number of hydrogen-bond donors (Lipinski definition) is 3. The summed E-state index contributed by atoms with van der Waals surface area (Å²) in [5.41, 5.74) is 5.44. The Balaban J connectivity index is 3.23. The molecule has 0 saturated carbocycles. The fourth-order valence-electron chi connectivity index (χ4n) is 3.47. The maximum Gasteiger partial charge on any atom is 0.320 e. The van der Waals surface area contributed by atoms with Gasteiger partial charge in [0.1, 0.15) is 6.04 Å². The summed E-state index contributed by atoms with van der Waals surface area (Å²) in [6, 6.07) is -0.788. The van der Waals surface area contributed by atoms with Gasteiger partial charge in [0.05, 0.1) is 0 Å². The van der Waals surface area contributed by atoms with Gasteiger partial charge in [-0.1, -0.05) is 83.3 Å². The Morgan fingerprint density at radius 3 is 1.90 bits per heavy atom. The SMILES string of the molecule is CCC/C=C/CCCCCCCCCCCCCC(=O)NCCCC[C@H](N)C(=O)O. The average Bonchev–Trinajstić information content (AvgIpc) is 2.72. The van der Waals surface area contributed by atoms with E-state index < -0.39 is 12.0 Å². The van der Waals surface area contributed by atoms with Gasteiger partial charge in [0.25, 0.3) is 0 Å². The molecule has 30 heavy (non-hydrogen) atoms. The molecular weight excluding hydrogens is 376 g/mol. The Morgan fingerprint density at radius 1 is 0.800 bits per heavy atom. The highest BCUT2D eigenvalue weighted by Gasteiger charge is 2.10. The molecule has 5 heteroatoms. The lowest BCUT2D eigenvalue weighted by Crippen LogP contribution is -2.30. The van der Waals surface area contributed by atoms with Crippen LogP contribution in [0.4, 0.5) is 0 Å². The number of rotatable bonds is 22. The van der Waals surface area contributed by atoms with E-state index in [1.807, 2.05) is 0 Å². The van der Waals surface area contributed by atoms with Crippen molar-refractivity contribution in [1.29, 1.82) is 0 Å². The number of nitrogens with two attached hydrogens (primary N) is 1. The second-order valence-corrected chi connectivity index (χ2v) is 8.48. The van der Waals surface area contributed by atoms with Crippen LogP contribution in [0.25, 0.3) is 0 Å². The fourth-order valence-corrected chi connectivity index (χ4v) is 3.47. The van der Waals surface area contributed by atoms with Crippen molar-refractivity contribution in [2.75, 3.05) is 6.54 Å². The predicted molar refractivity (Wildman–Crippen MR) is 127 cm³/mol. The molecule has 0 aliphatic rings. The van der Waals surface area contributed by atoms with E-state index in [1.165, 1.54) is 77.0 Å². The number of carbonyl (C=O) groups is 2. The van der Waals surface area contributed by atoms with Crippen LogP contribution in [-0.4, -0.2) is 29.6 Å². The molecule has 0 heterocycles. The molecule has 5 nitrogen and oxygen atoms in total. The average molecular weight is 425 g/mol. The van der Waals surface area contributed by atoms with Gasteiger partial charge in [-0.25, -0.2) is 0 Å². The Labute approximate surface area is 185 Å². The molecule has 0 aromatic rings. The second kappa shape index (κ2) is 22.3. The number of allylic oxidation sites excluding steroid dienone is 2. The first-order chi connectivity index (χ1) is 14.6. The lowest BCUT2D eigenvalue weighted by atomic mass is 10.0. The van der Waals surface area contributed by atoms with Gasteiger partial charge < -0.3 is 16.2 Å². The normalized spacial score (nSPS) is 12.3. The molecule has 1 atom stereocenters. The molecule has 4 N–H and O–H groups in total. The van der Waals surface area contributed by atoms with Crippen LogP contribution in [0.5, 0.6) is 0 Å².